The lowest BCUT2D eigenvalue weighted by molar-refractivity contribution is -0.126. The standard InChI is InChI=1S/C17H24N2O3S2/c1-19(24(21,22)16-3-2-4-23-16)11-15(20)18-17-8-12-5-13(9-17)7-14(6-12)10-17/h2-4,12-14H,5-11H2,1H3,(H,18,20). The molecule has 1 amide bonds. The summed E-state index contributed by atoms with van der Waals surface area (Å²) in [6, 6.07) is 3.29. The molecule has 5 rings (SSSR count). The highest BCUT2D eigenvalue weighted by Gasteiger charge is 2.51. The van der Waals surface area contributed by atoms with E-state index >= 15 is 0 Å². The third-order valence-electron chi connectivity index (χ3n) is 5.97. The van der Waals surface area contributed by atoms with Gasteiger partial charge in [0.2, 0.25) is 5.91 Å². The number of nitrogens with one attached hydrogen (secondary N) is 1. The number of rotatable bonds is 5. The van der Waals surface area contributed by atoms with Gasteiger partial charge in [-0.25, -0.2) is 8.42 Å². The maximum atomic E-state index is 12.5. The summed E-state index contributed by atoms with van der Waals surface area (Å²) in [4.78, 5) is 12.5. The highest BCUT2D eigenvalue weighted by atomic mass is 32.2. The molecule has 0 atom stereocenters. The van der Waals surface area contributed by atoms with Gasteiger partial charge in [0.15, 0.2) is 0 Å². The van der Waals surface area contributed by atoms with E-state index in [0.29, 0.717) is 0 Å². The summed E-state index contributed by atoms with van der Waals surface area (Å²) < 4.78 is 26.3. The average Bonchev–Trinajstić information content (AvgIpc) is 2.99. The molecular weight excluding hydrogens is 344 g/mol. The molecule has 1 N–H and O–H groups in total. The normalized spacial score (nSPS) is 34.7. The summed E-state index contributed by atoms with van der Waals surface area (Å²) in [5.74, 6) is 2.09. The number of carbonyl (C=O) groups is 1. The Morgan fingerprint density at radius 3 is 2.33 bits per heavy atom. The molecule has 1 heterocycles. The van der Waals surface area contributed by atoms with E-state index in [-0.39, 0.29) is 22.2 Å². The fourth-order valence-corrected chi connectivity index (χ4v) is 7.78. The van der Waals surface area contributed by atoms with Gasteiger partial charge in [-0.05, 0) is 67.7 Å². The van der Waals surface area contributed by atoms with Crippen molar-refractivity contribution in [3.63, 3.8) is 0 Å². The minimum absolute atomic E-state index is 0.0701. The predicted octanol–water partition coefficient (Wildman–Crippen LogP) is 2.45. The molecule has 4 bridgehead atoms. The molecule has 1 aromatic heterocycles. The van der Waals surface area contributed by atoms with Gasteiger partial charge in [0.1, 0.15) is 4.21 Å². The fraction of sp³-hybridized carbons (Fsp3) is 0.706. The van der Waals surface area contributed by atoms with Crippen molar-refractivity contribution in [2.45, 2.75) is 48.3 Å². The quantitative estimate of drug-likeness (QED) is 0.868. The predicted molar refractivity (Wildman–Crippen MR) is 93.2 cm³/mol. The van der Waals surface area contributed by atoms with Crippen LogP contribution in [0.3, 0.4) is 0 Å². The number of likely N-dealkylation sites (N-methyl/N-ethyl adjacent to an activating group) is 1. The van der Waals surface area contributed by atoms with E-state index in [4.69, 9.17) is 0 Å². The van der Waals surface area contributed by atoms with Crippen molar-refractivity contribution in [3.05, 3.63) is 17.5 Å². The molecule has 4 aliphatic rings. The van der Waals surface area contributed by atoms with Gasteiger partial charge in [0.05, 0.1) is 6.54 Å². The minimum atomic E-state index is -3.57. The van der Waals surface area contributed by atoms with Gasteiger partial charge in [0.25, 0.3) is 10.0 Å². The van der Waals surface area contributed by atoms with E-state index in [1.807, 2.05) is 0 Å². The van der Waals surface area contributed by atoms with Crippen LogP contribution < -0.4 is 5.32 Å². The van der Waals surface area contributed by atoms with E-state index in [9.17, 15) is 13.2 Å². The number of hydrogen-bond donors (Lipinski definition) is 1. The lowest BCUT2D eigenvalue weighted by Crippen LogP contribution is -2.61. The molecule has 0 aliphatic heterocycles. The zero-order valence-electron chi connectivity index (χ0n) is 13.9. The molecular formula is C17H24N2O3S2. The first-order valence-electron chi connectivity index (χ1n) is 8.67. The van der Waals surface area contributed by atoms with Gasteiger partial charge in [-0.15, -0.1) is 11.3 Å². The summed E-state index contributed by atoms with van der Waals surface area (Å²) in [5.41, 5.74) is -0.0701. The van der Waals surface area contributed by atoms with Crippen LogP contribution in [-0.4, -0.2) is 37.8 Å². The van der Waals surface area contributed by atoms with Crippen LogP contribution in [0.1, 0.15) is 38.5 Å². The molecule has 0 radical (unpaired) electrons. The SMILES string of the molecule is CN(CC(=O)NC12CC3CC(CC(C3)C1)C2)S(=O)(=O)c1cccs1. The Labute approximate surface area is 147 Å². The Morgan fingerprint density at radius 1 is 1.25 bits per heavy atom. The number of hydrogen-bond acceptors (Lipinski definition) is 4. The molecule has 0 unspecified atom stereocenters. The Morgan fingerprint density at radius 2 is 1.83 bits per heavy atom. The zero-order valence-corrected chi connectivity index (χ0v) is 15.5. The van der Waals surface area contributed by atoms with Gasteiger partial charge < -0.3 is 5.32 Å². The first-order chi connectivity index (χ1) is 11.4. The lowest BCUT2D eigenvalue weighted by atomic mass is 9.53. The van der Waals surface area contributed by atoms with Crippen LogP contribution in [0.5, 0.6) is 0 Å². The third kappa shape index (κ3) is 2.91. The van der Waals surface area contributed by atoms with Crippen molar-refractivity contribution in [1.29, 1.82) is 0 Å². The van der Waals surface area contributed by atoms with Crippen LogP contribution >= 0.6 is 11.3 Å². The second kappa shape index (κ2) is 5.81. The summed E-state index contributed by atoms with van der Waals surface area (Å²) in [7, 11) is -2.09. The summed E-state index contributed by atoms with van der Waals surface area (Å²) in [5, 5.41) is 4.96. The first kappa shape index (κ1) is 16.5. The van der Waals surface area contributed by atoms with Crippen LogP contribution in [0.25, 0.3) is 0 Å². The van der Waals surface area contributed by atoms with E-state index in [1.54, 1.807) is 17.5 Å². The number of amides is 1. The molecule has 1 aromatic rings. The second-order valence-electron chi connectivity index (χ2n) is 7.94. The Balaban J connectivity index is 1.42. The third-order valence-corrected chi connectivity index (χ3v) is 9.15. The van der Waals surface area contributed by atoms with Crippen LogP contribution in [0.4, 0.5) is 0 Å². The van der Waals surface area contributed by atoms with E-state index in [1.165, 1.54) is 37.6 Å². The summed E-state index contributed by atoms with van der Waals surface area (Å²) in [6.07, 6.45) is 7.19. The molecule has 5 nitrogen and oxygen atoms in total. The summed E-state index contributed by atoms with van der Waals surface area (Å²) in [6.45, 7) is -0.109. The topological polar surface area (TPSA) is 66.5 Å². The molecule has 4 aliphatic carbocycles. The second-order valence-corrected chi connectivity index (χ2v) is 11.2. The lowest BCUT2D eigenvalue weighted by Gasteiger charge is -2.57. The fourth-order valence-electron chi connectivity index (χ4n) is 5.45. The van der Waals surface area contributed by atoms with Gasteiger partial charge in [-0.3, -0.25) is 4.79 Å². The van der Waals surface area contributed by atoms with Gasteiger partial charge in [-0.1, -0.05) is 6.07 Å². The smallest absolute Gasteiger partial charge is 0.252 e. The van der Waals surface area contributed by atoms with Crippen LogP contribution in [0.15, 0.2) is 21.7 Å². The van der Waals surface area contributed by atoms with Crippen LogP contribution in [0, 0.1) is 17.8 Å². The number of carbonyl (C=O) groups excluding carboxylic acids is 1. The van der Waals surface area contributed by atoms with Crippen molar-refractivity contribution in [2.75, 3.05) is 13.6 Å². The molecule has 4 fully saturated rings. The number of thiophene rings is 1. The highest BCUT2D eigenvalue weighted by Crippen LogP contribution is 2.55. The minimum Gasteiger partial charge on any atom is -0.349 e. The summed E-state index contributed by atoms with van der Waals surface area (Å²) >= 11 is 1.18. The Hall–Kier alpha value is -0.920. The maximum Gasteiger partial charge on any atom is 0.252 e. The Kier molecular flexibility index (Phi) is 4.01. The van der Waals surface area contributed by atoms with Crippen LogP contribution in [-0.2, 0) is 14.8 Å². The van der Waals surface area contributed by atoms with E-state index < -0.39 is 10.0 Å². The molecule has 24 heavy (non-hydrogen) atoms. The molecule has 132 valence electrons. The number of nitrogens with zero attached hydrogens (tertiary/aromatic N) is 1. The molecule has 0 saturated heterocycles. The average molecular weight is 369 g/mol. The van der Waals surface area contributed by atoms with Crippen molar-refractivity contribution in [2.24, 2.45) is 17.8 Å². The van der Waals surface area contributed by atoms with Gasteiger partial charge >= 0.3 is 0 Å². The maximum absolute atomic E-state index is 12.5. The van der Waals surface area contributed by atoms with Crippen molar-refractivity contribution >= 4 is 27.3 Å². The molecule has 0 aromatic carbocycles. The highest BCUT2D eigenvalue weighted by molar-refractivity contribution is 7.91. The zero-order chi connectivity index (χ0) is 16.9. The van der Waals surface area contributed by atoms with Crippen molar-refractivity contribution in [1.82, 2.24) is 9.62 Å². The van der Waals surface area contributed by atoms with Crippen molar-refractivity contribution in [3.8, 4) is 0 Å². The van der Waals surface area contributed by atoms with Gasteiger partial charge in [0, 0.05) is 12.6 Å². The molecule has 0 spiro atoms. The van der Waals surface area contributed by atoms with E-state index in [2.05, 4.69) is 5.32 Å². The van der Waals surface area contributed by atoms with Gasteiger partial charge in [-0.2, -0.15) is 4.31 Å². The first-order valence-corrected chi connectivity index (χ1v) is 11.0. The molecule has 4 saturated carbocycles. The number of sulfonamides is 1. The van der Waals surface area contributed by atoms with Crippen LogP contribution in [0.2, 0.25) is 0 Å². The molecule has 7 heteroatoms. The van der Waals surface area contributed by atoms with Crippen molar-refractivity contribution < 1.29 is 13.2 Å². The Bertz CT molecular complexity index is 692. The monoisotopic (exact) mass is 368 g/mol. The largest absolute Gasteiger partial charge is 0.349 e. The van der Waals surface area contributed by atoms with E-state index in [0.717, 1.165) is 41.3 Å².